The molecule has 19 heavy (non-hydrogen) atoms. The van der Waals surface area contributed by atoms with E-state index in [2.05, 4.69) is 0 Å². The van der Waals surface area contributed by atoms with Crippen LogP contribution in [-0.4, -0.2) is 17.2 Å². The second-order valence-electron chi connectivity index (χ2n) is 4.21. The minimum absolute atomic E-state index is 0.0747. The van der Waals surface area contributed by atoms with Crippen LogP contribution < -0.4 is 0 Å². The van der Waals surface area contributed by atoms with E-state index in [9.17, 15) is 9.90 Å². The number of carbonyl (C=O) groups excluding carboxylic acids is 1. The van der Waals surface area contributed by atoms with Gasteiger partial charge in [0, 0.05) is 0 Å². The Balaban J connectivity index is 2.94. The van der Waals surface area contributed by atoms with Gasteiger partial charge < -0.3 is 9.84 Å². The van der Waals surface area contributed by atoms with Crippen LogP contribution in [-0.2, 0) is 9.53 Å². The van der Waals surface area contributed by atoms with Gasteiger partial charge in [-0.05, 0) is 18.9 Å². The van der Waals surface area contributed by atoms with Crippen LogP contribution in [0.15, 0.2) is 36.1 Å². The highest BCUT2D eigenvalue weighted by atomic mass is 16.6. The predicted octanol–water partition coefficient (Wildman–Crippen LogP) is 3.21. The summed E-state index contributed by atoms with van der Waals surface area (Å²) in [5.74, 6) is -1.50. The maximum atomic E-state index is 11.7. The van der Waals surface area contributed by atoms with Crippen molar-refractivity contribution in [3.63, 3.8) is 0 Å². The van der Waals surface area contributed by atoms with E-state index in [1.807, 2.05) is 13.0 Å². The van der Waals surface area contributed by atoms with Crippen molar-refractivity contribution in [2.24, 2.45) is 0 Å². The van der Waals surface area contributed by atoms with Crippen molar-refractivity contribution in [1.29, 1.82) is 5.26 Å². The molecule has 0 saturated heterocycles. The summed E-state index contributed by atoms with van der Waals surface area (Å²) in [6.07, 6.45) is 1.31. The van der Waals surface area contributed by atoms with E-state index in [4.69, 9.17) is 10.00 Å². The molecule has 0 bridgehead atoms. The number of nitrogens with zero attached hydrogens (tertiary/aromatic N) is 1. The molecule has 0 spiro atoms. The summed E-state index contributed by atoms with van der Waals surface area (Å²) in [6.45, 7) is 3.73. The first-order chi connectivity index (χ1) is 9.10. The Bertz CT molecular complexity index is 500. The number of hydrogen-bond acceptors (Lipinski definition) is 4. The first kappa shape index (κ1) is 14.8. The molecule has 0 heterocycles. The Labute approximate surface area is 112 Å². The van der Waals surface area contributed by atoms with Gasteiger partial charge in [0.15, 0.2) is 0 Å². The molecule has 0 aliphatic heterocycles. The molecule has 1 atom stereocenters. The van der Waals surface area contributed by atoms with Crippen LogP contribution in [0.5, 0.6) is 0 Å². The largest absolute Gasteiger partial charge is 0.501 e. The molecule has 0 amide bonds. The molecule has 0 fully saturated rings. The number of nitriles is 1. The maximum Gasteiger partial charge on any atom is 0.375 e. The van der Waals surface area contributed by atoms with Gasteiger partial charge in [0.1, 0.15) is 11.6 Å². The van der Waals surface area contributed by atoms with Crippen molar-refractivity contribution >= 4 is 11.5 Å². The number of benzene rings is 1. The summed E-state index contributed by atoms with van der Waals surface area (Å²) in [5, 5.41) is 18.9. The second kappa shape index (κ2) is 7.22. The molecule has 0 aliphatic rings. The standard InChI is InChI=1S/C15H17NO3/c1-3-7-11(2)19-15(18)14(17)13(10-16)12-8-5-4-6-9-12/h4-6,8-9,11,17H,3,7H2,1-2H3/b14-13-/t11-/m0/s1. The van der Waals surface area contributed by atoms with Crippen LogP contribution in [0.2, 0.25) is 0 Å². The van der Waals surface area contributed by atoms with Gasteiger partial charge in [-0.3, -0.25) is 0 Å². The lowest BCUT2D eigenvalue weighted by molar-refractivity contribution is -0.146. The van der Waals surface area contributed by atoms with Gasteiger partial charge in [-0.1, -0.05) is 43.7 Å². The van der Waals surface area contributed by atoms with E-state index >= 15 is 0 Å². The number of carbonyl (C=O) groups is 1. The van der Waals surface area contributed by atoms with Gasteiger partial charge in [0.2, 0.25) is 5.76 Å². The fourth-order valence-electron chi connectivity index (χ4n) is 1.67. The molecule has 1 rings (SSSR count). The zero-order valence-electron chi connectivity index (χ0n) is 11.1. The smallest absolute Gasteiger partial charge is 0.375 e. The van der Waals surface area contributed by atoms with Crippen molar-refractivity contribution in [2.75, 3.05) is 0 Å². The SMILES string of the molecule is CCC[C@H](C)OC(=O)/C(O)=C(\C#N)c1ccccc1. The number of rotatable bonds is 5. The van der Waals surface area contributed by atoms with Gasteiger partial charge >= 0.3 is 5.97 Å². The highest BCUT2D eigenvalue weighted by molar-refractivity contribution is 5.98. The molecule has 1 aromatic rings. The summed E-state index contributed by atoms with van der Waals surface area (Å²) >= 11 is 0. The van der Waals surface area contributed by atoms with Crippen molar-refractivity contribution in [3.8, 4) is 6.07 Å². The quantitative estimate of drug-likeness (QED) is 0.381. The fourth-order valence-corrected chi connectivity index (χ4v) is 1.67. The fraction of sp³-hybridized carbons (Fsp3) is 0.333. The number of ether oxygens (including phenoxy) is 1. The number of aliphatic hydroxyl groups is 1. The lowest BCUT2D eigenvalue weighted by Crippen LogP contribution is -2.17. The molecular formula is C15H17NO3. The third-order valence-corrected chi connectivity index (χ3v) is 2.61. The summed E-state index contributed by atoms with van der Waals surface area (Å²) in [4.78, 5) is 11.7. The van der Waals surface area contributed by atoms with Crippen LogP contribution in [0.1, 0.15) is 32.3 Å². The Morgan fingerprint density at radius 1 is 1.42 bits per heavy atom. The molecule has 0 aliphatic carbocycles. The molecule has 100 valence electrons. The number of allylic oxidation sites excluding steroid dienone is 1. The van der Waals surface area contributed by atoms with Crippen LogP contribution in [0.3, 0.4) is 0 Å². The summed E-state index contributed by atoms with van der Waals surface area (Å²) in [7, 11) is 0. The molecule has 1 N–H and O–H groups in total. The number of esters is 1. The predicted molar refractivity (Wildman–Crippen MR) is 72.1 cm³/mol. The lowest BCUT2D eigenvalue weighted by Gasteiger charge is -2.12. The minimum Gasteiger partial charge on any atom is -0.501 e. The van der Waals surface area contributed by atoms with Gasteiger partial charge in [-0.2, -0.15) is 5.26 Å². The molecule has 0 aromatic heterocycles. The second-order valence-corrected chi connectivity index (χ2v) is 4.21. The molecule has 4 nitrogen and oxygen atoms in total. The molecule has 4 heteroatoms. The van der Waals surface area contributed by atoms with Crippen LogP contribution in [0, 0.1) is 11.3 Å². The maximum absolute atomic E-state index is 11.7. The van der Waals surface area contributed by atoms with Crippen molar-refractivity contribution in [2.45, 2.75) is 32.8 Å². The lowest BCUT2D eigenvalue weighted by atomic mass is 10.1. The Hall–Kier alpha value is -2.28. The van der Waals surface area contributed by atoms with Crippen molar-refractivity contribution < 1.29 is 14.6 Å². The van der Waals surface area contributed by atoms with E-state index in [1.54, 1.807) is 37.3 Å². The van der Waals surface area contributed by atoms with E-state index in [0.29, 0.717) is 12.0 Å². The average Bonchev–Trinajstić information content (AvgIpc) is 2.40. The highest BCUT2D eigenvalue weighted by Crippen LogP contribution is 2.18. The Kier molecular flexibility index (Phi) is 5.62. The first-order valence-corrected chi connectivity index (χ1v) is 6.19. The average molecular weight is 259 g/mol. The number of hydrogen-bond donors (Lipinski definition) is 1. The third kappa shape index (κ3) is 4.14. The van der Waals surface area contributed by atoms with Gasteiger partial charge in [0.05, 0.1) is 6.10 Å². The summed E-state index contributed by atoms with van der Waals surface area (Å²) < 4.78 is 5.06. The minimum atomic E-state index is -0.860. The molecule has 1 aromatic carbocycles. The Morgan fingerprint density at radius 2 is 2.05 bits per heavy atom. The van der Waals surface area contributed by atoms with E-state index < -0.39 is 11.7 Å². The van der Waals surface area contributed by atoms with Gasteiger partial charge in [0.25, 0.3) is 0 Å². The van der Waals surface area contributed by atoms with E-state index in [-0.39, 0.29) is 11.7 Å². The van der Waals surface area contributed by atoms with Crippen LogP contribution >= 0.6 is 0 Å². The molecule has 0 saturated carbocycles. The van der Waals surface area contributed by atoms with E-state index in [0.717, 1.165) is 6.42 Å². The molecule has 0 radical (unpaired) electrons. The molecule has 0 unspecified atom stereocenters. The monoisotopic (exact) mass is 259 g/mol. The zero-order valence-corrected chi connectivity index (χ0v) is 11.1. The zero-order chi connectivity index (χ0) is 14.3. The number of aliphatic hydroxyl groups excluding tert-OH is 1. The van der Waals surface area contributed by atoms with Crippen LogP contribution in [0.4, 0.5) is 0 Å². The normalized spacial score (nSPS) is 13.1. The van der Waals surface area contributed by atoms with E-state index in [1.165, 1.54) is 0 Å². The topological polar surface area (TPSA) is 70.3 Å². The third-order valence-electron chi connectivity index (χ3n) is 2.61. The summed E-state index contributed by atoms with van der Waals surface area (Å²) in [5.41, 5.74) is 0.414. The molecular weight excluding hydrogens is 242 g/mol. The highest BCUT2D eigenvalue weighted by Gasteiger charge is 2.19. The van der Waals surface area contributed by atoms with Gasteiger partial charge in [-0.25, -0.2) is 4.79 Å². The first-order valence-electron chi connectivity index (χ1n) is 6.19. The van der Waals surface area contributed by atoms with Crippen molar-refractivity contribution in [1.82, 2.24) is 0 Å². The summed E-state index contributed by atoms with van der Waals surface area (Å²) in [6, 6.07) is 10.4. The van der Waals surface area contributed by atoms with Gasteiger partial charge in [-0.15, -0.1) is 0 Å². The van der Waals surface area contributed by atoms with Crippen molar-refractivity contribution in [3.05, 3.63) is 41.7 Å². The Morgan fingerprint density at radius 3 is 2.58 bits per heavy atom. The van der Waals surface area contributed by atoms with Crippen LogP contribution in [0.25, 0.3) is 5.57 Å².